The summed E-state index contributed by atoms with van der Waals surface area (Å²) < 4.78 is 5.33. The van der Waals surface area contributed by atoms with Crippen LogP contribution < -0.4 is 10.2 Å². The molecule has 1 aromatic rings. The van der Waals surface area contributed by atoms with Gasteiger partial charge < -0.3 is 15.0 Å². The Hall–Kier alpha value is -1.43. The van der Waals surface area contributed by atoms with Crippen molar-refractivity contribution in [3.05, 3.63) is 29.8 Å². The lowest BCUT2D eigenvalue weighted by molar-refractivity contribution is -0.118. The molecule has 1 amide bonds. The molecule has 0 spiro atoms. The van der Waals surface area contributed by atoms with Gasteiger partial charge in [0.1, 0.15) is 0 Å². The summed E-state index contributed by atoms with van der Waals surface area (Å²) in [7, 11) is 0. The molecule has 2 aliphatic heterocycles. The minimum Gasteiger partial charge on any atom is -0.379 e. The van der Waals surface area contributed by atoms with E-state index in [-0.39, 0.29) is 11.9 Å². The van der Waals surface area contributed by atoms with E-state index in [1.165, 1.54) is 5.56 Å². The van der Waals surface area contributed by atoms with E-state index in [0.717, 1.165) is 51.5 Å². The van der Waals surface area contributed by atoms with E-state index in [2.05, 4.69) is 23.2 Å². The van der Waals surface area contributed by atoms with Crippen molar-refractivity contribution in [3.63, 3.8) is 0 Å². The van der Waals surface area contributed by atoms with Crippen molar-refractivity contribution in [1.29, 1.82) is 0 Å². The Balaban J connectivity index is 1.46. The van der Waals surface area contributed by atoms with Crippen molar-refractivity contribution >= 4 is 11.6 Å². The smallest absolute Gasteiger partial charge is 0.241 e. The molecule has 2 aliphatic rings. The van der Waals surface area contributed by atoms with Gasteiger partial charge in [0.25, 0.3) is 0 Å². The van der Waals surface area contributed by atoms with Crippen LogP contribution >= 0.6 is 0 Å². The number of hydrogen-bond acceptors (Lipinski definition) is 4. The third-order valence-electron chi connectivity index (χ3n) is 4.46. The number of anilines is 1. The molecule has 1 saturated heterocycles. The van der Waals surface area contributed by atoms with E-state index in [1.54, 1.807) is 0 Å². The maximum Gasteiger partial charge on any atom is 0.241 e. The standard InChI is InChI=1S/C17H25N3O2/c1-14-12-15-4-2-3-5-16(15)20(14)17(21)13-18-6-7-19-8-10-22-11-9-19/h2-5,14,18H,6-13H2,1H3. The van der Waals surface area contributed by atoms with E-state index in [4.69, 9.17) is 4.74 Å². The Morgan fingerprint density at radius 2 is 2.09 bits per heavy atom. The van der Waals surface area contributed by atoms with Crippen LogP contribution in [0, 0.1) is 0 Å². The molecular formula is C17H25N3O2. The number of hydrogen-bond donors (Lipinski definition) is 1. The van der Waals surface area contributed by atoms with Gasteiger partial charge in [0.15, 0.2) is 0 Å². The Bertz CT molecular complexity index is 514. The zero-order valence-corrected chi connectivity index (χ0v) is 13.3. The Labute approximate surface area is 132 Å². The van der Waals surface area contributed by atoms with Crippen molar-refractivity contribution in [2.75, 3.05) is 50.8 Å². The van der Waals surface area contributed by atoms with Gasteiger partial charge in [-0.15, -0.1) is 0 Å². The molecule has 1 unspecified atom stereocenters. The molecule has 3 rings (SSSR count). The quantitative estimate of drug-likeness (QED) is 0.821. The van der Waals surface area contributed by atoms with Gasteiger partial charge in [-0.2, -0.15) is 0 Å². The number of nitrogens with zero attached hydrogens (tertiary/aromatic N) is 2. The SMILES string of the molecule is CC1Cc2ccccc2N1C(=O)CNCCN1CCOCC1. The maximum absolute atomic E-state index is 12.5. The van der Waals surface area contributed by atoms with E-state index in [9.17, 15) is 4.79 Å². The number of carbonyl (C=O) groups excluding carboxylic acids is 1. The molecule has 0 bridgehead atoms. The number of benzene rings is 1. The number of nitrogens with one attached hydrogen (secondary N) is 1. The largest absolute Gasteiger partial charge is 0.379 e. The summed E-state index contributed by atoms with van der Waals surface area (Å²) in [6.45, 7) is 7.97. The summed E-state index contributed by atoms with van der Waals surface area (Å²) >= 11 is 0. The molecule has 1 atom stereocenters. The molecule has 1 fully saturated rings. The molecule has 0 aliphatic carbocycles. The zero-order chi connectivity index (χ0) is 15.4. The number of ether oxygens (including phenoxy) is 1. The number of rotatable bonds is 5. The Morgan fingerprint density at radius 3 is 2.91 bits per heavy atom. The predicted octanol–water partition coefficient (Wildman–Crippen LogP) is 0.886. The highest BCUT2D eigenvalue weighted by Crippen LogP contribution is 2.31. The number of para-hydroxylation sites is 1. The van der Waals surface area contributed by atoms with Crippen LogP contribution in [-0.4, -0.2) is 62.8 Å². The van der Waals surface area contributed by atoms with Crippen LogP contribution in [0.4, 0.5) is 5.69 Å². The summed E-state index contributed by atoms with van der Waals surface area (Å²) in [5, 5.41) is 3.29. The third-order valence-corrected chi connectivity index (χ3v) is 4.46. The van der Waals surface area contributed by atoms with Gasteiger partial charge in [0.05, 0.1) is 19.8 Å². The van der Waals surface area contributed by atoms with Crippen molar-refractivity contribution in [1.82, 2.24) is 10.2 Å². The first-order valence-electron chi connectivity index (χ1n) is 8.16. The van der Waals surface area contributed by atoms with Crippen molar-refractivity contribution < 1.29 is 9.53 Å². The monoisotopic (exact) mass is 303 g/mol. The molecule has 1 N–H and O–H groups in total. The summed E-state index contributed by atoms with van der Waals surface area (Å²) in [4.78, 5) is 16.8. The molecule has 0 saturated carbocycles. The lowest BCUT2D eigenvalue weighted by Gasteiger charge is -2.27. The van der Waals surface area contributed by atoms with E-state index < -0.39 is 0 Å². The van der Waals surface area contributed by atoms with Crippen LogP contribution in [0.3, 0.4) is 0 Å². The zero-order valence-electron chi connectivity index (χ0n) is 13.3. The summed E-state index contributed by atoms with van der Waals surface area (Å²) in [6, 6.07) is 8.46. The summed E-state index contributed by atoms with van der Waals surface area (Å²) in [6.07, 6.45) is 0.954. The number of fused-ring (bicyclic) bond motifs is 1. The van der Waals surface area contributed by atoms with E-state index >= 15 is 0 Å². The number of amides is 1. The molecule has 5 nitrogen and oxygen atoms in total. The first-order valence-corrected chi connectivity index (χ1v) is 8.16. The van der Waals surface area contributed by atoms with Crippen LogP contribution in [0.5, 0.6) is 0 Å². The molecule has 1 aromatic carbocycles. The summed E-state index contributed by atoms with van der Waals surface area (Å²) in [5.41, 5.74) is 2.35. The van der Waals surface area contributed by atoms with Crippen molar-refractivity contribution in [2.45, 2.75) is 19.4 Å². The first kappa shape index (κ1) is 15.5. The van der Waals surface area contributed by atoms with Gasteiger partial charge in [-0.1, -0.05) is 18.2 Å². The van der Waals surface area contributed by atoms with Crippen LogP contribution in [0.25, 0.3) is 0 Å². The van der Waals surface area contributed by atoms with Crippen LogP contribution in [0.2, 0.25) is 0 Å². The minimum atomic E-state index is 0.166. The molecule has 2 heterocycles. The highest BCUT2D eigenvalue weighted by atomic mass is 16.5. The number of carbonyl (C=O) groups is 1. The van der Waals surface area contributed by atoms with Crippen molar-refractivity contribution in [3.8, 4) is 0 Å². The maximum atomic E-state index is 12.5. The fourth-order valence-corrected chi connectivity index (χ4v) is 3.29. The summed E-state index contributed by atoms with van der Waals surface area (Å²) in [5.74, 6) is 0.166. The van der Waals surface area contributed by atoms with Gasteiger partial charge in [0, 0.05) is 37.9 Å². The molecule has 120 valence electrons. The van der Waals surface area contributed by atoms with Gasteiger partial charge in [0.2, 0.25) is 5.91 Å². The van der Waals surface area contributed by atoms with Gasteiger partial charge in [-0.25, -0.2) is 0 Å². The third kappa shape index (κ3) is 3.48. The van der Waals surface area contributed by atoms with Crippen LogP contribution in [0.1, 0.15) is 12.5 Å². The molecule has 0 aromatic heterocycles. The van der Waals surface area contributed by atoms with E-state index in [1.807, 2.05) is 23.1 Å². The predicted molar refractivity (Wildman–Crippen MR) is 87.2 cm³/mol. The van der Waals surface area contributed by atoms with Gasteiger partial charge in [-0.3, -0.25) is 9.69 Å². The molecular weight excluding hydrogens is 278 g/mol. The topological polar surface area (TPSA) is 44.8 Å². The lowest BCUT2D eigenvalue weighted by Crippen LogP contribution is -2.44. The second-order valence-electron chi connectivity index (χ2n) is 6.08. The highest BCUT2D eigenvalue weighted by Gasteiger charge is 2.29. The van der Waals surface area contributed by atoms with Crippen LogP contribution in [0.15, 0.2) is 24.3 Å². The Morgan fingerprint density at radius 1 is 1.32 bits per heavy atom. The van der Waals surface area contributed by atoms with Gasteiger partial charge >= 0.3 is 0 Å². The lowest BCUT2D eigenvalue weighted by atomic mass is 10.1. The Kier molecular flexibility index (Phi) is 5.08. The van der Waals surface area contributed by atoms with E-state index in [0.29, 0.717) is 6.54 Å². The van der Waals surface area contributed by atoms with Crippen LogP contribution in [-0.2, 0) is 16.0 Å². The van der Waals surface area contributed by atoms with Gasteiger partial charge in [-0.05, 0) is 25.0 Å². The molecule has 22 heavy (non-hydrogen) atoms. The average Bonchev–Trinajstić information content (AvgIpc) is 2.88. The molecule has 0 radical (unpaired) electrons. The van der Waals surface area contributed by atoms with Crippen molar-refractivity contribution in [2.24, 2.45) is 0 Å². The number of morpholine rings is 1. The average molecular weight is 303 g/mol. The second kappa shape index (κ2) is 7.22. The minimum absolute atomic E-state index is 0.166. The highest BCUT2D eigenvalue weighted by molar-refractivity contribution is 5.97. The fraction of sp³-hybridized carbons (Fsp3) is 0.588. The second-order valence-corrected chi connectivity index (χ2v) is 6.08. The fourth-order valence-electron chi connectivity index (χ4n) is 3.29. The molecule has 5 heteroatoms. The normalized spacial score (nSPS) is 21.9. The first-order chi connectivity index (χ1) is 10.8.